The molecule has 0 unspecified atom stereocenters. The predicted molar refractivity (Wildman–Crippen MR) is 183 cm³/mol. The Morgan fingerprint density at radius 3 is 2.51 bits per heavy atom. The molecule has 0 saturated carbocycles. The molecule has 0 atom stereocenters. The van der Waals surface area contributed by atoms with Crippen molar-refractivity contribution in [2.24, 2.45) is 5.73 Å². The van der Waals surface area contributed by atoms with Crippen molar-refractivity contribution in [1.82, 2.24) is 24.7 Å². The fraction of sp³-hybridized carbons (Fsp3) is 0.412. The lowest BCUT2D eigenvalue weighted by Crippen LogP contribution is -2.38. The summed E-state index contributed by atoms with van der Waals surface area (Å²) in [6.07, 6.45) is 7.51. The van der Waals surface area contributed by atoms with Crippen LogP contribution in [0.2, 0.25) is 0 Å². The average Bonchev–Trinajstić information content (AvgIpc) is 3.52. The van der Waals surface area contributed by atoms with E-state index in [4.69, 9.17) is 24.5 Å². The van der Waals surface area contributed by atoms with Gasteiger partial charge in [0.05, 0.1) is 24.0 Å². The van der Waals surface area contributed by atoms with E-state index in [0.29, 0.717) is 40.3 Å². The summed E-state index contributed by atoms with van der Waals surface area (Å²) in [6.45, 7) is 8.06. The van der Waals surface area contributed by atoms with E-state index >= 15 is 0 Å². The number of benzene rings is 1. The highest BCUT2D eigenvalue weighted by molar-refractivity contribution is 7.97. The van der Waals surface area contributed by atoms with Crippen molar-refractivity contribution in [3.05, 3.63) is 65.2 Å². The van der Waals surface area contributed by atoms with Gasteiger partial charge in [0.25, 0.3) is 0 Å². The largest absolute Gasteiger partial charge is 0.456 e. The summed E-state index contributed by atoms with van der Waals surface area (Å²) in [6, 6.07) is 10.0. The fourth-order valence-corrected chi connectivity index (χ4v) is 4.83. The molecule has 1 aliphatic rings. The number of fused-ring (bicyclic) bond motifs is 2. The summed E-state index contributed by atoms with van der Waals surface area (Å²) < 4.78 is 26.9. The number of nitrogens with zero attached hydrogens (tertiary/aromatic N) is 6. The molecule has 0 spiro atoms. The van der Waals surface area contributed by atoms with Gasteiger partial charge in [-0.05, 0) is 70.9 Å². The van der Waals surface area contributed by atoms with Gasteiger partial charge in [0.1, 0.15) is 29.8 Å². The number of hydrogen-bond donors (Lipinski definition) is 1. The molecular weight excluding hydrogens is 621 g/mol. The third kappa shape index (κ3) is 8.51. The van der Waals surface area contributed by atoms with Crippen molar-refractivity contribution >= 4 is 40.5 Å². The van der Waals surface area contributed by atoms with E-state index in [9.17, 15) is 14.0 Å². The Hall–Kier alpha value is -4.38. The van der Waals surface area contributed by atoms with E-state index in [1.165, 1.54) is 18.0 Å². The van der Waals surface area contributed by atoms with Gasteiger partial charge in [0, 0.05) is 29.9 Å². The second-order valence-electron chi connectivity index (χ2n) is 10.7. The molecule has 5 rings (SSSR count). The Morgan fingerprint density at radius 2 is 1.83 bits per heavy atom. The zero-order valence-electron chi connectivity index (χ0n) is 28.0. The number of ether oxygens (including phenoxy) is 2. The minimum absolute atomic E-state index is 0.000485. The Bertz CT molecular complexity index is 1750. The Balaban J connectivity index is 0.00000114. The standard InChI is InChI=1S/C31H31FN6O4.C2H6S.CH5N/c1-5-7-17-41-19-37-29-25(31(3,4)30(37)40)23(14-15-24(39)42-6-2)34-27(35-29)26-21-12-10-16-33-28(21)38(36-26)18-20-11-8-9-13-22(20)32;1-3-2;1-2/h8-13,16H,5-7,17-19H2,1-4H3;1-2H3;2H2,1H3. The van der Waals surface area contributed by atoms with Crippen LogP contribution in [0.4, 0.5) is 10.2 Å². The molecule has 4 heterocycles. The highest BCUT2D eigenvalue weighted by atomic mass is 32.2. The number of aromatic nitrogens is 5. The van der Waals surface area contributed by atoms with Gasteiger partial charge in [-0.15, -0.1) is 0 Å². The Kier molecular flexibility index (Phi) is 13.8. The first-order valence-electron chi connectivity index (χ1n) is 15.2. The van der Waals surface area contributed by atoms with Crippen molar-refractivity contribution < 1.29 is 23.5 Å². The van der Waals surface area contributed by atoms with E-state index in [0.717, 1.165) is 12.8 Å². The van der Waals surface area contributed by atoms with E-state index in [2.05, 4.69) is 29.5 Å². The molecule has 250 valence electrons. The van der Waals surface area contributed by atoms with Crippen LogP contribution in [0.5, 0.6) is 0 Å². The maximum atomic E-state index is 14.5. The quantitative estimate of drug-likeness (QED) is 0.149. The second kappa shape index (κ2) is 17.5. The first kappa shape index (κ1) is 37.1. The topological polar surface area (TPSA) is 138 Å². The van der Waals surface area contributed by atoms with Crippen LogP contribution in [0.3, 0.4) is 0 Å². The van der Waals surface area contributed by atoms with Gasteiger partial charge in [0.15, 0.2) is 11.5 Å². The monoisotopic (exact) mass is 663 g/mol. The number of halogens is 1. The SMILES string of the molecule is CCCCOCN1C(=O)C(C)(C)c2c(C#CC(=O)OCC)nc(-c3nn(Cc4ccccc4F)c4ncccc34)nc21.CN.CSC. The number of pyridine rings is 1. The minimum Gasteiger partial charge on any atom is -0.456 e. The van der Waals surface area contributed by atoms with E-state index in [1.54, 1.807) is 67.7 Å². The fourth-order valence-electron chi connectivity index (χ4n) is 4.83. The molecule has 13 heteroatoms. The molecule has 4 aromatic rings. The second-order valence-corrected chi connectivity index (χ2v) is 11.5. The zero-order valence-corrected chi connectivity index (χ0v) is 28.8. The number of rotatable bonds is 9. The minimum atomic E-state index is -1.03. The lowest BCUT2D eigenvalue weighted by atomic mass is 9.85. The number of amides is 1. The predicted octanol–water partition coefficient (Wildman–Crippen LogP) is 4.94. The van der Waals surface area contributed by atoms with Crippen LogP contribution in [0.25, 0.3) is 22.6 Å². The first-order valence-corrected chi connectivity index (χ1v) is 16.8. The Labute approximate surface area is 279 Å². The molecule has 0 fully saturated rings. The van der Waals surface area contributed by atoms with Crippen molar-refractivity contribution in [2.75, 3.05) is 44.4 Å². The number of hydrogen-bond acceptors (Lipinski definition) is 10. The normalized spacial score (nSPS) is 12.7. The van der Waals surface area contributed by atoms with Gasteiger partial charge in [0.2, 0.25) is 5.91 Å². The Morgan fingerprint density at radius 1 is 1.11 bits per heavy atom. The molecular formula is C34H42FN7O4S. The zero-order chi connectivity index (χ0) is 34.6. The highest BCUT2D eigenvalue weighted by Crippen LogP contribution is 2.43. The molecule has 0 radical (unpaired) electrons. The van der Waals surface area contributed by atoms with Gasteiger partial charge in [-0.3, -0.25) is 9.69 Å². The number of thioether (sulfide) groups is 1. The van der Waals surface area contributed by atoms with Crippen LogP contribution in [0.1, 0.15) is 57.4 Å². The summed E-state index contributed by atoms with van der Waals surface area (Å²) in [7, 11) is 1.50. The van der Waals surface area contributed by atoms with Gasteiger partial charge in [-0.1, -0.05) is 31.5 Å². The molecule has 47 heavy (non-hydrogen) atoms. The molecule has 1 amide bonds. The van der Waals surface area contributed by atoms with Crippen molar-refractivity contribution in [2.45, 2.75) is 52.5 Å². The number of unbranched alkanes of at least 4 members (excludes halogenated alkanes) is 1. The summed E-state index contributed by atoms with van der Waals surface area (Å²) in [5.41, 5.74) is 5.49. The van der Waals surface area contributed by atoms with E-state index in [-0.39, 0.29) is 43.1 Å². The van der Waals surface area contributed by atoms with Crippen LogP contribution < -0.4 is 10.6 Å². The van der Waals surface area contributed by atoms with Crippen LogP contribution in [0, 0.1) is 17.7 Å². The van der Waals surface area contributed by atoms with Gasteiger partial charge >= 0.3 is 5.97 Å². The molecule has 1 aliphatic heterocycles. The summed E-state index contributed by atoms with van der Waals surface area (Å²) in [4.78, 5) is 41.3. The summed E-state index contributed by atoms with van der Waals surface area (Å²) >= 11 is 1.75. The van der Waals surface area contributed by atoms with E-state index in [1.807, 2.05) is 18.6 Å². The van der Waals surface area contributed by atoms with Crippen molar-refractivity contribution in [3.63, 3.8) is 0 Å². The summed E-state index contributed by atoms with van der Waals surface area (Å²) in [5.74, 6) is 4.51. The molecule has 3 aromatic heterocycles. The number of anilines is 1. The van der Waals surface area contributed by atoms with Crippen LogP contribution >= 0.6 is 11.8 Å². The van der Waals surface area contributed by atoms with Gasteiger partial charge in [-0.2, -0.15) is 16.9 Å². The van der Waals surface area contributed by atoms with E-state index < -0.39 is 11.4 Å². The molecule has 0 aliphatic carbocycles. The first-order chi connectivity index (χ1) is 22.7. The number of nitrogens with two attached hydrogens (primary N) is 1. The number of carbonyl (C=O) groups excluding carboxylic acids is 2. The molecule has 11 nitrogen and oxygen atoms in total. The average molecular weight is 664 g/mol. The smallest absolute Gasteiger partial charge is 0.384 e. The highest BCUT2D eigenvalue weighted by Gasteiger charge is 2.48. The lowest BCUT2D eigenvalue weighted by molar-refractivity contribution is -0.136. The molecule has 2 N–H and O–H groups in total. The number of carbonyl (C=O) groups is 2. The molecule has 0 bridgehead atoms. The third-order valence-corrected chi connectivity index (χ3v) is 6.97. The summed E-state index contributed by atoms with van der Waals surface area (Å²) in [5, 5.41) is 5.37. The number of esters is 1. The van der Waals surface area contributed by atoms with Gasteiger partial charge < -0.3 is 15.2 Å². The lowest BCUT2D eigenvalue weighted by Gasteiger charge is -2.19. The van der Waals surface area contributed by atoms with Crippen molar-refractivity contribution in [3.8, 4) is 23.4 Å². The molecule has 0 saturated heterocycles. The maximum Gasteiger partial charge on any atom is 0.384 e. The van der Waals surface area contributed by atoms with Crippen LogP contribution in [-0.4, -0.2) is 76.1 Å². The van der Waals surface area contributed by atoms with Crippen LogP contribution in [0.15, 0.2) is 42.6 Å². The van der Waals surface area contributed by atoms with Crippen LogP contribution in [-0.2, 0) is 31.0 Å². The maximum absolute atomic E-state index is 14.5. The van der Waals surface area contributed by atoms with Gasteiger partial charge in [-0.25, -0.2) is 28.8 Å². The molecule has 1 aromatic carbocycles. The third-order valence-electron chi connectivity index (χ3n) is 6.97. The van der Waals surface area contributed by atoms with Crippen molar-refractivity contribution in [1.29, 1.82) is 0 Å².